The van der Waals surface area contributed by atoms with Crippen LogP contribution in [0.2, 0.25) is 18.1 Å². The monoisotopic (exact) mass is 264 g/mol. The molecule has 4 heteroatoms. The molecule has 0 aromatic heterocycles. The summed E-state index contributed by atoms with van der Waals surface area (Å²) in [5, 5.41) is 0.145. The molecule has 0 saturated heterocycles. The number of hydrogen-bond donors (Lipinski definition) is 0. The van der Waals surface area contributed by atoms with E-state index in [1.54, 1.807) is 0 Å². The number of benzene rings is 1. The smallest absolute Gasteiger partial charge is 0.250 e. The third kappa shape index (κ3) is 2.29. The van der Waals surface area contributed by atoms with Crippen LogP contribution in [0.5, 0.6) is 11.5 Å². The molecule has 1 aromatic carbocycles. The van der Waals surface area contributed by atoms with E-state index in [1.807, 2.05) is 18.2 Å². The maximum atomic E-state index is 11.6. The van der Waals surface area contributed by atoms with Gasteiger partial charge >= 0.3 is 0 Å². The predicted molar refractivity (Wildman–Crippen MR) is 74.1 cm³/mol. The van der Waals surface area contributed by atoms with Gasteiger partial charge in [0.15, 0.2) is 6.61 Å². The van der Waals surface area contributed by atoms with Crippen LogP contribution in [-0.2, 0) is 0 Å². The van der Waals surface area contributed by atoms with Gasteiger partial charge in [-0.3, -0.25) is 4.79 Å². The Morgan fingerprint density at radius 3 is 2.56 bits per heavy atom. The van der Waals surface area contributed by atoms with E-state index >= 15 is 0 Å². The van der Waals surface area contributed by atoms with Crippen LogP contribution in [0.4, 0.5) is 0 Å². The number of carbonyl (C=O) groups excluding carboxylic acids is 1. The maximum absolute atomic E-state index is 11.6. The summed E-state index contributed by atoms with van der Waals surface area (Å²) >= 11 is 0. The Morgan fingerprint density at radius 1 is 1.28 bits per heavy atom. The van der Waals surface area contributed by atoms with E-state index in [1.165, 1.54) is 0 Å². The molecule has 0 unspecified atom stereocenters. The summed E-state index contributed by atoms with van der Waals surface area (Å²) in [5.74, 6) is 1.48. The van der Waals surface area contributed by atoms with E-state index in [4.69, 9.17) is 9.16 Å². The van der Waals surface area contributed by atoms with Gasteiger partial charge in [0.25, 0.3) is 0 Å². The highest BCUT2D eigenvalue weighted by atomic mass is 28.4. The zero-order valence-electron chi connectivity index (χ0n) is 11.7. The molecule has 0 fully saturated rings. The Morgan fingerprint density at radius 2 is 1.94 bits per heavy atom. The van der Waals surface area contributed by atoms with Gasteiger partial charge in [-0.1, -0.05) is 20.8 Å². The lowest BCUT2D eigenvalue weighted by atomic mass is 10.1. The summed E-state index contributed by atoms with van der Waals surface area (Å²) in [5.41, 5.74) is 0.645. The van der Waals surface area contributed by atoms with Crippen LogP contribution >= 0.6 is 0 Å². The Bertz CT molecular complexity index is 486. The maximum Gasteiger partial charge on any atom is 0.250 e. The molecule has 0 aliphatic carbocycles. The van der Waals surface area contributed by atoms with Gasteiger partial charge in [0.1, 0.15) is 11.5 Å². The zero-order chi connectivity index (χ0) is 13.6. The standard InChI is InChI=1S/C14H20O3Si/c1-14(2,3)18(4,5)17-10-6-7-13-11(8-10)12(15)9-16-13/h6-8H,9H2,1-5H3. The number of rotatable bonds is 2. The predicted octanol–water partition coefficient (Wildman–Crippen LogP) is 3.65. The second-order valence-corrected chi connectivity index (χ2v) is 11.0. The highest BCUT2D eigenvalue weighted by Crippen LogP contribution is 2.38. The first-order chi connectivity index (χ1) is 8.21. The van der Waals surface area contributed by atoms with Crippen molar-refractivity contribution >= 4 is 14.1 Å². The number of ether oxygens (including phenoxy) is 1. The van der Waals surface area contributed by atoms with Gasteiger partial charge in [0.05, 0.1) is 5.56 Å². The first kappa shape index (κ1) is 13.1. The molecular weight excluding hydrogens is 244 g/mol. The molecule has 0 spiro atoms. The first-order valence-corrected chi connectivity index (χ1v) is 9.11. The summed E-state index contributed by atoms with van der Waals surface area (Å²) in [4.78, 5) is 11.6. The van der Waals surface area contributed by atoms with E-state index in [0.717, 1.165) is 5.75 Å². The fourth-order valence-corrected chi connectivity index (χ4v) is 2.61. The average Bonchev–Trinajstić information content (AvgIpc) is 2.58. The molecule has 1 heterocycles. The van der Waals surface area contributed by atoms with Gasteiger partial charge in [-0.05, 0) is 36.3 Å². The molecule has 0 radical (unpaired) electrons. The number of ketones is 1. The van der Waals surface area contributed by atoms with E-state index < -0.39 is 8.32 Å². The molecule has 1 aromatic rings. The molecule has 98 valence electrons. The third-order valence-electron chi connectivity index (χ3n) is 3.79. The van der Waals surface area contributed by atoms with Gasteiger partial charge < -0.3 is 9.16 Å². The van der Waals surface area contributed by atoms with Crippen molar-refractivity contribution in [3.63, 3.8) is 0 Å². The van der Waals surface area contributed by atoms with Crippen LogP contribution in [0.3, 0.4) is 0 Å². The van der Waals surface area contributed by atoms with E-state index in [9.17, 15) is 4.79 Å². The minimum Gasteiger partial charge on any atom is -0.543 e. The van der Waals surface area contributed by atoms with E-state index in [0.29, 0.717) is 11.3 Å². The van der Waals surface area contributed by atoms with Crippen molar-refractivity contribution in [1.29, 1.82) is 0 Å². The highest BCUT2D eigenvalue weighted by molar-refractivity contribution is 6.74. The molecule has 0 amide bonds. The molecule has 2 rings (SSSR count). The molecular formula is C14H20O3Si. The number of Topliss-reactive ketones (excluding diaryl/α,β-unsaturated/α-hetero) is 1. The van der Waals surface area contributed by atoms with Crippen molar-refractivity contribution in [1.82, 2.24) is 0 Å². The zero-order valence-corrected chi connectivity index (χ0v) is 12.7. The fourth-order valence-electron chi connectivity index (χ4n) is 1.59. The van der Waals surface area contributed by atoms with E-state index in [-0.39, 0.29) is 17.4 Å². The minimum absolute atomic E-state index is 0.0330. The Hall–Kier alpha value is -1.29. The summed E-state index contributed by atoms with van der Waals surface area (Å²) in [6.45, 7) is 11.1. The van der Waals surface area contributed by atoms with Gasteiger partial charge in [-0.25, -0.2) is 0 Å². The van der Waals surface area contributed by atoms with Crippen molar-refractivity contribution in [2.75, 3.05) is 6.61 Å². The van der Waals surface area contributed by atoms with Gasteiger partial charge in [-0.15, -0.1) is 0 Å². The molecule has 18 heavy (non-hydrogen) atoms. The van der Waals surface area contributed by atoms with Crippen LogP contribution in [-0.4, -0.2) is 20.7 Å². The Labute approximate surface area is 109 Å². The third-order valence-corrected chi connectivity index (χ3v) is 8.15. The highest BCUT2D eigenvalue weighted by Gasteiger charge is 2.39. The first-order valence-electron chi connectivity index (χ1n) is 6.20. The molecule has 0 saturated carbocycles. The van der Waals surface area contributed by atoms with Crippen molar-refractivity contribution in [2.24, 2.45) is 0 Å². The molecule has 1 aliphatic heterocycles. The van der Waals surface area contributed by atoms with Crippen LogP contribution in [0, 0.1) is 0 Å². The lowest BCUT2D eigenvalue weighted by molar-refractivity contribution is 0.0961. The lowest BCUT2D eigenvalue weighted by Gasteiger charge is -2.36. The number of carbonyl (C=O) groups is 1. The summed E-state index contributed by atoms with van der Waals surface area (Å²) in [6, 6.07) is 5.52. The Balaban J connectivity index is 2.27. The topological polar surface area (TPSA) is 35.5 Å². The van der Waals surface area contributed by atoms with Crippen molar-refractivity contribution in [3.05, 3.63) is 23.8 Å². The normalized spacial score (nSPS) is 15.3. The van der Waals surface area contributed by atoms with Crippen molar-refractivity contribution < 1.29 is 14.0 Å². The summed E-state index contributed by atoms with van der Waals surface area (Å²) < 4.78 is 11.4. The second-order valence-electron chi connectivity index (χ2n) is 6.23. The van der Waals surface area contributed by atoms with Gasteiger partial charge in [-0.2, -0.15) is 0 Å². The van der Waals surface area contributed by atoms with E-state index in [2.05, 4.69) is 33.9 Å². The SMILES string of the molecule is CC(C)(C)[Si](C)(C)Oc1ccc2c(c1)C(=O)CO2. The second kappa shape index (κ2) is 4.12. The average molecular weight is 264 g/mol. The van der Waals surface area contributed by atoms with Crippen LogP contribution in [0.15, 0.2) is 18.2 Å². The quantitative estimate of drug-likeness (QED) is 0.765. The molecule has 0 atom stereocenters. The van der Waals surface area contributed by atoms with Gasteiger partial charge in [0, 0.05) is 0 Å². The molecule has 1 aliphatic rings. The summed E-state index contributed by atoms with van der Waals surface area (Å²) in [6.07, 6.45) is 0. The Kier molecular flexibility index (Phi) is 3.01. The summed E-state index contributed by atoms with van der Waals surface area (Å²) in [7, 11) is -1.85. The van der Waals surface area contributed by atoms with Crippen LogP contribution in [0.25, 0.3) is 0 Å². The number of hydrogen-bond acceptors (Lipinski definition) is 3. The molecule has 3 nitrogen and oxygen atoms in total. The van der Waals surface area contributed by atoms with Crippen LogP contribution < -0.4 is 9.16 Å². The van der Waals surface area contributed by atoms with Crippen LogP contribution in [0.1, 0.15) is 31.1 Å². The number of fused-ring (bicyclic) bond motifs is 1. The van der Waals surface area contributed by atoms with Gasteiger partial charge in [0.2, 0.25) is 14.1 Å². The lowest BCUT2D eigenvalue weighted by Crippen LogP contribution is -2.43. The largest absolute Gasteiger partial charge is 0.543 e. The molecule has 0 N–H and O–H groups in total. The van der Waals surface area contributed by atoms with Crippen molar-refractivity contribution in [3.8, 4) is 11.5 Å². The minimum atomic E-state index is -1.85. The fraction of sp³-hybridized carbons (Fsp3) is 0.500. The van der Waals surface area contributed by atoms with Crippen molar-refractivity contribution in [2.45, 2.75) is 38.9 Å². The molecule has 0 bridgehead atoms.